The molecule has 0 N–H and O–H groups in total. The maximum absolute atomic E-state index is 13.8. The maximum atomic E-state index is 13.8. The molecule has 4 rings (SSSR count). The zero-order valence-electron chi connectivity index (χ0n) is 14.8. The summed E-state index contributed by atoms with van der Waals surface area (Å²) < 4.78 is 20.9. The summed E-state index contributed by atoms with van der Waals surface area (Å²) in [7, 11) is 0. The van der Waals surface area contributed by atoms with E-state index < -0.39 is 5.97 Å². The average molecular weight is 353 g/mol. The van der Waals surface area contributed by atoms with Gasteiger partial charge >= 0.3 is 5.97 Å². The van der Waals surface area contributed by atoms with Crippen LogP contribution in [-0.4, -0.2) is 20.7 Å². The van der Waals surface area contributed by atoms with E-state index in [2.05, 4.69) is 5.10 Å². The second-order valence-corrected chi connectivity index (χ2v) is 6.96. The Kier molecular flexibility index (Phi) is 4.18. The first-order valence-electron chi connectivity index (χ1n) is 8.83. The molecule has 6 heteroatoms. The molecule has 0 bridgehead atoms. The molecule has 0 amide bonds. The molecule has 26 heavy (non-hydrogen) atoms. The second-order valence-electron chi connectivity index (χ2n) is 6.96. The van der Waals surface area contributed by atoms with Crippen LogP contribution in [0.2, 0.25) is 0 Å². The highest BCUT2D eigenvalue weighted by molar-refractivity contribution is 6.02. The van der Waals surface area contributed by atoms with Crippen molar-refractivity contribution in [3.05, 3.63) is 59.2 Å². The summed E-state index contributed by atoms with van der Waals surface area (Å²) >= 11 is 0. The lowest BCUT2D eigenvalue weighted by molar-refractivity contribution is 0.0471. The minimum Gasteiger partial charge on any atom is -0.457 e. The van der Waals surface area contributed by atoms with Crippen molar-refractivity contribution in [3.63, 3.8) is 0 Å². The molecule has 0 spiro atoms. The molecule has 0 atom stereocenters. The van der Waals surface area contributed by atoms with Crippen molar-refractivity contribution in [1.29, 1.82) is 0 Å². The molecule has 134 valence electrons. The fraction of sp³-hybridized carbons (Fsp3) is 0.350. The zero-order chi connectivity index (χ0) is 18.3. The molecule has 5 nitrogen and oxygen atoms in total. The predicted octanol–water partition coefficient (Wildman–Crippen LogP) is 4.39. The van der Waals surface area contributed by atoms with Gasteiger partial charge in [-0.15, -0.1) is 0 Å². The molecule has 3 aromatic rings. The van der Waals surface area contributed by atoms with Crippen LogP contribution in [0, 0.1) is 5.82 Å². The number of fused-ring (bicyclic) bond motifs is 1. The third-order valence-electron chi connectivity index (χ3n) is 4.61. The molecular formula is C20H20FN3O2. The Bertz CT molecular complexity index is 976. The number of nitrogens with zero attached hydrogens (tertiary/aromatic N) is 3. The van der Waals surface area contributed by atoms with E-state index in [1.165, 1.54) is 6.07 Å². The van der Waals surface area contributed by atoms with Gasteiger partial charge in [0.15, 0.2) is 5.65 Å². The monoisotopic (exact) mass is 353 g/mol. The summed E-state index contributed by atoms with van der Waals surface area (Å²) in [6.45, 7) is 3.94. The number of carbonyl (C=O) groups is 1. The third kappa shape index (κ3) is 3.07. The van der Waals surface area contributed by atoms with Crippen LogP contribution in [0.1, 0.15) is 60.3 Å². The topological polar surface area (TPSA) is 57.0 Å². The van der Waals surface area contributed by atoms with Gasteiger partial charge in [0.1, 0.15) is 12.4 Å². The van der Waals surface area contributed by atoms with Crippen molar-refractivity contribution in [3.8, 4) is 0 Å². The van der Waals surface area contributed by atoms with Gasteiger partial charge in [-0.25, -0.2) is 18.9 Å². The lowest BCUT2D eigenvalue weighted by atomic mass is 10.1. The Hall–Kier alpha value is -2.76. The van der Waals surface area contributed by atoms with Gasteiger partial charge in [0.25, 0.3) is 0 Å². The molecule has 1 aromatic carbocycles. The Balaban J connectivity index is 1.68. The number of hydrogen-bond acceptors (Lipinski definition) is 4. The summed E-state index contributed by atoms with van der Waals surface area (Å²) in [5, 5.41) is 5.05. The first-order chi connectivity index (χ1) is 12.5. The van der Waals surface area contributed by atoms with Crippen LogP contribution in [0.4, 0.5) is 4.39 Å². The molecule has 0 unspecified atom stereocenters. The van der Waals surface area contributed by atoms with Crippen molar-refractivity contribution in [2.24, 2.45) is 0 Å². The van der Waals surface area contributed by atoms with E-state index in [9.17, 15) is 9.18 Å². The summed E-state index contributed by atoms with van der Waals surface area (Å²) in [5.41, 5.74) is 2.39. The predicted molar refractivity (Wildman–Crippen MR) is 95.4 cm³/mol. The zero-order valence-corrected chi connectivity index (χ0v) is 14.8. The minimum absolute atomic E-state index is 0.105. The largest absolute Gasteiger partial charge is 0.457 e. The first kappa shape index (κ1) is 16.7. The lowest BCUT2D eigenvalue weighted by Gasteiger charge is -2.10. The Morgan fingerprint density at radius 2 is 2.12 bits per heavy atom. The highest BCUT2D eigenvalue weighted by atomic mass is 19.1. The number of carbonyl (C=O) groups excluding carboxylic acids is 1. The standard InChI is InChI=1S/C20H20FN3O2/c1-12(2)24-19-16(10-22-24)15(9-18(23-19)13-7-8-13)20(25)26-11-14-5-3-4-6-17(14)21/h3-6,9-10,12-13H,7-8,11H2,1-2H3. The molecule has 1 saturated carbocycles. The number of pyridine rings is 1. The molecular weight excluding hydrogens is 333 g/mol. The fourth-order valence-corrected chi connectivity index (χ4v) is 3.01. The van der Waals surface area contributed by atoms with Crippen LogP contribution in [0.25, 0.3) is 11.0 Å². The third-order valence-corrected chi connectivity index (χ3v) is 4.61. The first-order valence-corrected chi connectivity index (χ1v) is 8.83. The minimum atomic E-state index is -0.481. The Labute approximate surface area is 150 Å². The molecule has 1 aliphatic carbocycles. The van der Waals surface area contributed by atoms with Crippen molar-refractivity contribution in [1.82, 2.24) is 14.8 Å². The van der Waals surface area contributed by atoms with Gasteiger partial charge in [0.2, 0.25) is 0 Å². The normalized spacial score (nSPS) is 14.2. The number of benzene rings is 1. The molecule has 0 aliphatic heterocycles. The van der Waals surface area contributed by atoms with E-state index in [0.717, 1.165) is 18.5 Å². The van der Waals surface area contributed by atoms with Gasteiger partial charge in [-0.2, -0.15) is 5.10 Å². The molecule has 0 radical (unpaired) electrons. The number of aromatic nitrogens is 3. The van der Waals surface area contributed by atoms with Crippen LogP contribution in [0.5, 0.6) is 0 Å². The molecule has 2 heterocycles. The number of esters is 1. The quantitative estimate of drug-likeness (QED) is 0.639. The van der Waals surface area contributed by atoms with Gasteiger partial charge in [0, 0.05) is 23.2 Å². The van der Waals surface area contributed by atoms with Crippen molar-refractivity contribution < 1.29 is 13.9 Å². The summed E-state index contributed by atoms with van der Waals surface area (Å²) in [5.74, 6) is -0.467. The van der Waals surface area contributed by atoms with Crippen LogP contribution < -0.4 is 0 Å². The van der Waals surface area contributed by atoms with Crippen molar-refractivity contribution in [2.75, 3.05) is 0 Å². The fourth-order valence-electron chi connectivity index (χ4n) is 3.01. The second kappa shape index (κ2) is 6.52. The van der Waals surface area contributed by atoms with Gasteiger partial charge in [-0.05, 0) is 38.8 Å². The van der Waals surface area contributed by atoms with E-state index in [-0.39, 0.29) is 18.5 Å². The van der Waals surface area contributed by atoms with E-state index >= 15 is 0 Å². The lowest BCUT2D eigenvalue weighted by Crippen LogP contribution is -2.09. The van der Waals surface area contributed by atoms with E-state index in [4.69, 9.17) is 9.72 Å². The van der Waals surface area contributed by atoms with Gasteiger partial charge in [0.05, 0.1) is 17.1 Å². The number of rotatable bonds is 5. The molecule has 0 saturated heterocycles. The van der Waals surface area contributed by atoms with Gasteiger partial charge in [-0.1, -0.05) is 18.2 Å². The molecule has 1 fully saturated rings. The van der Waals surface area contributed by atoms with Crippen molar-refractivity contribution >= 4 is 17.0 Å². The smallest absolute Gasteiger partial charge is 0.339 e. The van der Waals surface area contributed by atoms with E-state index in [1.807, 2.05) is 18.5 Å². The number of ether oxygens (including phenoxy) is 1. The SMILES string of the molecule is CC(C)n1ncc2c(C(=O)OCc3ccccc3F)cc(C3CC3)nc21. The van der Waals surface area contributed by atoms with Crippen molar-refractivity contribution in [2.45, 2.75) is 45.3 Å². The van der Waals surface area contributed by atoms with Crippen LogP contribution in [-0.2, 0) is 11.3 Å². The molecule has 1 aliphatic rings. The van der Waals surface area contributed by atoms with Crippen LogP contribution in [0.15, 0.2) is 36.5 Å². The highest BCUT2D eigenvalue weighted by Gasteiger charge is 2.28. The van der Waals surface area contributed by atoms with Gasteiger partial charge in [-0.3, -0.25) is 0 Å². The van der Waals surface area contributed by atoms with Gasteiger partial charge < -0.3 is 4.74 Å². The van der Waals surface area contributed by atoms with Crippen LogP contribution >= 0.6 is 0 Å². The van der Waals surface area contributed by atoms with Crippen LogP contribution in [0.3, 0.4) is 0 Å². The Morgan fingerprint density at radius 3 is 2.81 bits per heavy atom. The Morgan fingerprint density at radius 1 is 1.35 bits per heavy atom. The summed E-state index contributed by atoms with van der Waals surface area (Å²) in [6, 6.07) is 8.22. The number of halogens is 1. The molecule has 2 aromatic heterocycles. The van der Waals surface area contributed by atoms with E-state index in [1.54, 1.807) is 30.5 Å². The summed E-state index contributed by atoms with van der Waals surface area (Å²) in [4.78, 5) is 17.4. The van der Waals surface area contributed by atoms with E-state index in [0.29, 0.717) is 28.1 Å². The number of hydrogen-bond donors (Lipinski definition) is 0. The highest BCUT2D eigenvalue weighted by Crippen LogP contribution is 2.40. The maximum Gasteiger partial charge on any atom is 0.339 e. The summed E-state index contributed by atoms with van der Waals surface area (Å²) in [6.07, 6.45) is 3.81. The average Bonchev–Trinajstić information content (AvgIpc) is 3.38.